The summed E-state index contributed by atoms with van der Waals surface area (Å²) in [6, 6.07) is 8.29. The fourth-order valence-electron chi connectivity index (χ4n) is 2.45. The van der Waals surface area contributed by atoms with Gasteiger partial charge in [0.1, 0.15) is 0 Å². The van der Waals surface area contributed by atoms with Crippen molar-refractivity contribution in [2.45, 2.75) is 24.7 Å². The standard InChI is InChI=1S/C16H21BrN2/c1-3-5-16(17)19-12-10-18(11-13-19)15-8-6-14(4-2)7-9-15/h2,6-9,16H,3,5,10-13H2,1H3. The molecule has 0 radical (unpaired) electrons. The molecule has 102 valence electrons. The lowest BCUT2D eigenvalue weighted by Crippen LogP contribution is -2.48. The fourth-order valence-corrected chi connectivity index (χ4v) is 3.32. The maximum absolute atomic E-state index is 5.38. The third-order valence-electron chi connectivity index (χ3n) is 3.64. The van der Waals surface area contributed by atoms with E-state index >= 15 is 0 Å². The molecule has 2 rings (SSSR count). The minimum atomic E-state index is 0.531. The molecule has 1 saturated heterocycles. The van der Waals surface area contributed by atoms with Crippen molar-refractivity contribution in [1.82, 2.24) is 4.90 Å². The van der Waals surface area contributed by atoms with Gasteiger partial charge in [-0.05, 0) is 30.7 Å². The third kappa shape index (κ3) is 3.75. The lowest BCUT2D eigenvalue weighted by Gasteiger charge is -2.38. The van der Waals surface area contributed by atoms with Gasteiger partial charge < -0.3 is 4.90 Å². The Kier molecular flexibility index (Phi) is 5.30. The van der Waals surface area contributed by atoms with Crippen molar-refractivity contribution in [3.05, 3.63) is 29.8 Å². The van der Waals surface area contributed by atoms with Gasteiger partial charge in [0.05, 0.1) is 4.95 Å². The van der Waals surface area contributed by atoms with Crippen molar-refractivity contribution in [2.24, 2.45) is 0 Å². The van der Waals surface area contributed by atoms with Crippen LogP contribution in [0.2, 0.25) is 0 Å². The molecule has 1 aromatic carbocycles. The van der Waals surface area contributed by atoms with Crippen molar-refractivity contribution >= 4 is 21.6 Å². The molecule has 0 aromatic heterocycles. The molecule has 0 bridgehead atoms. The largest absolute Gasteiger partial charge is 0.369 e. The van der Waals surface area contributed by atoms with E-state index in [1.54, 1.807) is 0 Å². The Balaban J connectivity index is 1.90. The quantitative estimate of drug-likeness (QED) is 0.477. The van der Waals surface area contributed by atoms with Crippen LogP contribution in [0.1, 0.15) is 25.3 Å². The molecular weight excluding hydrogens is 300 g/mol. The number of halogens is 1. The first-order chi connectivity index (χ1) is 9.24. The van der Waals surface area contributed by atoms with Gasteiger partial charge in [-0.2, -0.15) is 0 Å². The van der Waals surface area contributed by atoms with Crippen LogP contribution in [0.4, 0.5) is 5.69 Å². The third-order valence-corrected chi connectivity index (χ3v) is 4.67. The minimum absolute atomic E-state index is 0.531. The molecule has 3 heteroatoms. The summed E-state index contributed by atoms with van der Waals surface area (Å²) < 4.78 is 0. The van der Waals surface area contributed by atoms with Crippen LogP contribution < -0.4 is 4.90 Å². The molecule has 1 fully saturated rings. The lowest BCUT2D eigenvalue weighted by atomic mass is 10.2. The zero-order valence-corrected chi connectivity index (χ0v) is 13.1. The molecule has 2 nitrogen and oxygen atoms in total. The highest BCUT2D eigenvalue weighted by molar-refractivity contribution is 9.09. The van der Waals surface area contributed by atoms with E-state index in [2.05, 4.69) is 50.7 Å². The summed E-state index contributed by atoms with van der Waals surface area (Å²) in [5.74, 6) is 2.66. The van der Waals surface area contributed by atoms with Gasteiger partial charge in [0.2, 0.25) is 0 Å². The monoisotopic (exact) mass is 320 g/mol. The van der Waals surface area contributed by atoms with Gasteiger partial charge in [0, 0.05) is 37.4 Å². The summed E-state index contributed by atoms with van der Waals surface area (Å²) in [5.41, 5.74) is 2.23. The Morgan fingerprint density at radius 2 is 1.84 bits per heavy atom. The van der Waals surface area contributed by atoms with Crippen LogP contribution >= 0.6 is 15.9 Å². The van der Waals surface area contributed by atoms with Gasteiger partial charge in [-0.25, -0.2) is 0 Å². The predicted octanol–water partition coefficient (Wildman–Crippen LogP) is 3.31. The molecule has 1 aliphatic rings. The molecule has 0 N–H and O–H groups in total. The molecule has 1 aromatic rings. The summed E-state index contributed by atoms with van der Waals surface area (Å²) in [4.78, 5) is 5.49. The number of nitrogens with zero attached hydrogens (tertiary/aromatic N) is 2. The maximum atomic E-state index is 5.38. The molecule has 1 unspecified atom stereocenters. The smallest absolute Gasteiger partial charge is 0.0656 e. The van der Waals surface area contributed by atoms with Gasteiger partial charge in [-0.3, -0.25) is 4.90 Å². The second kappa shape index (κ2) is 6.98. The Labute approximate surface area is 124 Å². The molecule has 1 aliphatic heterocycles. The van der Waals surface area contributed by atoms with E-state index in [1.807, 2.05) is 12.1 Å². The number of terminal acetylenes is 1. The molecule has 1 heterocycles. The van der Waals surface area contributed by atoms with Crippen molar-refractivity contribution in [2.75, 3.05) is 31.1 Å². The van der Waals surface area contributed by atoms with Gasteiger partial charge in [-0.15, -0.1) is 6.42 Å². The average molecular weight is 321 g/mol. The molecule has 1 atom stereocenters. The van der Waals surface area contributed by atoms with E-state index in [9.17, 15) is 0 Å². The zero-order chi connectivity index (χ0) is 13.7. The lowest BCUT2D eigenvalue weighted by molar-refractivity contribution is 0.237. The second-order valence-corrected chi connectivity index (χ2v) is 5.99. The Bertz CT molecular complexity index is 427. The van der Waals surface area contributed by atoms with Crippen LogP contribution in [0.3, 0.4) is 0 Å². The summed E-state index contributed by atoms with van der Waals surface area (Å²) >= 11 is 3.78. The normalized spacial score (nSPS) is 18.1. The molecule has 19 heavy (non-hydrogen) atoms. The Hall–Kier alpha value is -0.980. The van der Waals surface area contributed by atoms with Gasteiger partial charge in [-0.1, -0.05) is 35.2 Å². The number of hydrogen-bond donors (Lipinski definition) is 0. The first-order valence-electron chi connectivity index (χ1n) is 6.94. The van der Waals surface area contributed by atoms with E-state index in [0.717, 1.165) is 31.7 Å². The van der Waals surface area contributed by atoms with E-state index in [-0.39, 0.29) is 0 Å². The molecular formula is C16H21BrN2. The number of hydrogen-bond acceptors (Lipinski definition) is 2. The topological polar surface area (TPSA) is 6.48 Å². The maximum Gasteiger partial charge on any atom is 0.0656 e. The zero-order valence-electron chi connectivity index (χ0n) is 11.5. The van der Waals surface area contributed by atoms with E-state index in [4.69, 9.17) is 6.42 Å². The van der Waals surface area contributed by atoms with Crippen LogP contribution in [0.15, 0.2) is 24.3 Å². The van der Waals surface area contributed by atoms with Crippen LogP contribution in [-0.2, 0) is 0 Å². The van der Waals surface area contributed by atoms with Crippen LogP contribution in [0, 0.1) is 12.3 Å². The summed E-state index contributed by atoms with van der Waals surface area (Å²) in [5, 5.41) is 0. The first kappa shape index (κ1) is 14.4. The molecule has 0 spiro atoms. The summed E-state index contributed by atoms with van der Waals surface area (Å²) in [6.45, 7) is 6.64. The highest BCUT2D eigenvalue weighted by Gasteiger charge is 2.21. The second-order valence-electron chi connectivity index (χ2n) is 4.94. The number of benzene rings is 1. The van der Waals surface area contributed by atoms with E-state index in [0.29, 0.717) is 4.95 Å². The Morgan fingerprint density at radius 3 is 2.37 bits per heavy atom. The van der Waals surface area contributed by atoms with Crippen LogP contribution in [0.5, 0.6) is 0 Å². The first-order valence-corrected chi connectivity index (χ1v) is 7.86. The van der Waals surface area contributed by atoms with Crippen molar-refractivity contribution in [1.29, 1.82) is 0 Å². The van der Waals surface area contributed by atoms with Gasteiger partial charge in [0.15, 0.2) is 0 Å². The molecule has 0 amide bonds. The van der Waals surface area contributed by atoms with Crippen LogP contribution in [0.25, 0.3) is 0 Å². The van der Waals surface area contributed by atoms with E-state index < -0.39 is 0 Å². The number of alkyl halides is 1. The number of piperazine rings is 1. The number of rotatable bonds is 4. The highest BCUT2D eigenvalue weighted by Crippen LogP contribution is 2.20. The van der Waals surface area contributed by atoms with Crippen LogP contribution in [-0.4, -0.2) is 36.0 Å². The SMILES string of the molecule is C#Cc1ccc(N2CCN(C(Br)CCC)CC2)cc1. The van der Waals surface area contributed by atoms with E-state index in [1.165, 1.54) is 18.5 Å². The predicted molar refractivity (Wildman–Crippen MR) is 85.8 cm³/mol. The average Bonchev–Trinajstić information content (AvgIpc) is 2.48. The van der Waals surface area contributed by atoms with Crippen molar-refractivity contribution in [3.8, 4) is 12.3 Å². The fraction of sp³-hybridized carbons (Fsp3) is 0.500. The number of anilines is 1. The summed E-state index contributed by atoms with van der Waals surface area (Å²) in [7, 11) is 0. The highest BCUT2D eigenvalue weighted by atomic mass is 79.9. The van der Waals surface area contributed by atoms with Crippen molar-refractivity contribution in [3.63, 3.8) is 0 Å². The Morgan fingerprint density at radius 1 is 1.21 bits per heavy atom. The van der Waals surface area contributed by atoms with Crippen molar-refractivity contribution < 1.29 is 0 Å². The summed E-state index contributed by atoms with van der Waals surface area (Å²) in [6.07, 6.45) is 7.83. The minimum Gasteiger partial charge on any atom is -0.369 e. The molecule has 0 saturated carbocycles. The van der Waals surface area contributed by atoms with Gasteiger partial charge >= 0.3 is 0 Å². The van der Waals surface area contributed by atoms with Gasteiger partial charge in [0.25, 0.3) is 0 Å². The molecule has 0 aliphatic carbocycles.